The van der Waals surface area contributed by atoms with Gasteiger partial charge >= 0.3 is 5.97 Å². The fraction of sp³-hybridized carbons (Fsp3) is 0.391. The summed E-state index contributed by atoms with van der Waals surface area (Å²) in [7, 11) is 0. The molecule has 0 unspecified atom stereocenters. The number of hydrogen-bond donors (Lipinski definition) is 3. The summed E-state index contributed by atoms with van der Waals surface area (Å²) < 4.78 is 11.9. The van der Waals surface area contributed by atoms with Crippen molar-refractivity contribution in [2.75, 3.05) is 17.7 Å². The Morgan fingerprint density at radius 3 is 2.71 bits per heavy atom. The van der Waals surface area contributed by atoms with E-state index in [2.05, 4.69) is 10.6 Å². The molecule has 1 saturated heterocycles. The van der Waals surface area contributed by atoms with Crippen LogP contribution in [0.5, 0.6) is 0 Å². The summed E-state index contributed by atoms with van der Waals surface area (Å²) in [5, 5.41) is 5.64. The Kier molecular flexibility index (Phi) is 6.63. The summed E-state index contributed by atoms with van der Waals surface area (Å²) in [4.78, 5) is 51.0. The molecule has 2 heterocycles. The minimum Gasteiger partial charge on any atom is -0.433 e. The molecule has 1 aliphatic heterocycles. The molecule has 4 rings (SSSR count). The van der Waals surface area contributed by atoms with Gasteiger partial charge in [-0.1, -0.05) is 11.6 Å². The Labute approximate surface area is 200 Å². The first kappa shape index (κ1) is 23.8. The van der Waals surface area contributed by atoms with Crippen LogP contribution < -0.4 is 21.9 Å². The second-order valence-electron chi connectivity index (χ2n) is 8.27. The number of hydrogen-bond acceptors (Lipinski definition) is 7. The number of halogens is 1. The number of amides is 2. The summed E-state index contributed by atoms with van der Waals surface area (Å²) in [6.45, 7) is 2.08. The molecule has 1 aliphatic carbocycles. The molecule has 0 bridgehead atoms. The molecule has 2 amide bonds. The molecule has 2 fully saturated rings. The van der Waals surface area contributed by atoms with Gasteiger partial charge in [-0.25, -0.2) is 0 Å². The van der Waals surface area contributed by atoms with E-state index in [-0.39, 0.29) is 22.7 Å². The molecule has 34 heavy (non-hydrogen) atoms. The van der Waals surface area contributed by atoms with Crippen molar-refractivity contribution in [3.05, 3.63) is 57.5 Å². The zero-order valence-corrected chi connectivity index (χ0v) is 19.3. The summed E-state index contributed by atoms with van der Waals surface area (Å²) in [6.07, 6.45) is 2.26. The highest BCUT2D eigenvalue weighted by Gasteiger charge is 2.49. The van der Waals surface area contributed by atoms with E-state index in [4.69, 9.17) is 26.8 Å². The molecular weight excluding hydrogens is 464 g/mol. The van der Waals surface area contributed by atoms with Gasteiger partial charge in [-0.3, -0.25) is 23.7 Å². The maximum absolute atomic E-state index is 13.3. The Morgan fingerprint density at radius 1 is 1.29 bits per heavy atom. The van der Waals surface area contributed by atoms with Gasteiger partial charge in [0.1, 0.15) is 17.3 Å². The minimum absolute atomic E-state index is 0.0123. The summed E-state index contributed by atoms with van der Waals surface area (Å²) in [5.74, 6) is -1.40. The maximum atomic E-state index is 13.3. The number of anilines is 2. The van der Waals surface area contributed by atoms with Crippen molar-refractivity contribution in [3.63, 3.8) is 0 Å². The lowest BCUT2D eigenvalue weighted by atomic mass is 9.75. The Morgan fingerprint density at radius 2 is 2.06 bits per heavy atom. The van der Waals surface area contributed by atoms with Gasteiger partial charge in [0.2, 0.25) is 12.2 Å². The normalized spacial score (nSPS) is 20.8. The second kappa shape index (κ2) is 9.47. The van der Waals surface area contributed by atoms with Crippen LogP contribution in [-0.4, -0.2) is 41.3 Å². The number of aromatic nitrogens is 1. The highest BCUT2D eigenvalue weighted by atomic mass is 35.5. The standard InChI is InChI=1S/C23H25ClN4O6/c1-2-33-21-17(12-18(29)34-21)27-22(32)23(8-4-9-23)28-10-3-5-16(20(28)31)26-19(30)13-6-7-15(25)14(24)11-13/h3,5-7,10-11,17,21H,2,4,8-9,12,25H2,1H3,(H,26,30)(H,27,32)/t17-,21-/m0/s1. The van der Waals surface area contributed by atoms with Crippen LogP contribution in [0.25, 0.3) is 0 Å². The minimum atomic E-state index is -1.13. The number of carbonyl (C=O) groups excluding carboxylic acids is 3. The molecule has 11 heteroatoms. The van der Waals surface area contributed by atoms with E-state index in [9.17, 15) is 19.2 Å². The quantitative estimate of drug-likeness (QED) is 0.399. The van der Waals surface area contributed by atoms with Crippen molar-refractivity contribution in [2.24, 2.45) is 0 Å². The molecule has 0 radical (unpaired) electrons. The summed E-state index contributed by atoms with van der Waals surface area (Å²) in [6, 6.07) is 6.82. The summed E-state index contributed by atoms with van der Waals surface area (Å²) in [5.41, 5.74) is 4.62. The van der Waals surface area contributed by atoms with E-state index in [1.807, 2.05) is 0 Å². The van der Waals surface area contributed by atoms with E-state index >= 15 is 0 Å². The lowest BCUT2D eigenvalue weighted by Gasteiger charge is -2.42. The Balaban J connectivity index is 1.57. The average Bonchev–Trinajstić information content (AvgIpc) is 3.10. The van der Waals surface area contributed by atoms with E-state index < -0.39 is 41.2 Å². The largest absolute Gasteiger partial charge is 0.433 e. The third-order valence-corrected chi connectivity index (χ3v) is 6.46. The van der Waals surface area contributed by atoms with Crippen LogP contribution in [0.3, 0.4) is 0 Å². The molecule has 4 N–H and O–H groups in total. The molecular formula is C23H25ClN4O6. The van der Waals surface area contributed by atoms with Gasteiger partial charge in [0.15, 0.2) is 0 Å². The van der Waals surface area contributed by atoms with E-state index in [0.717, 1.165) is 6.42 Å². The number of esters is 1. The number of carbonyl (C=O) groups is 3. The fourth-order valence-corrected chi connectivity index (χ4v) is 4.33. The molecule has 1 aromatic carbocycles. The summed E-state index contributed by atoms with van der Waals surface area (Å²) >= 11 is 5.99. The number of nitrogen functional groups attached to an aromatic ring is 1. The van der Waals surface area contributed by atoms with Crippen molar-refractivity contribution in [3.8, 4) is 0 Å². The smallest absolute Gasteiger partial charge is 0.310 e. The zero-order chi connectivity index (χ0) is 24.5. The van der Waals surface area contributed by atoms with Crippen molar-refractivity contribution >= 4 is 40.8 Å². The van der Waals surface area contributed by atoms with Gasteiger partial charge in [-0.05, 0) is 56.5 Å². The number of rotatable bonds is 7. The van der Waals surface area contributed by atoms with E-state index in [0.29, 0.717) is 25.1 Å². The molecule has 1 aromatic heterocycles. The molecule has 2 atom stereocenters. The van der Waals surface area contributed by atoms with Crippen molar-refractivity contribution in [2.45, 2.75) is 50.5 Å². The zero-order valence-electron chi connectivity index (χ0n) is 18.5. The first-order chi connectivity index (χ1) is 16.2. The predicted molar refractivity (Wildman–Crippen MR) is 124 cm³/mol. The average molecular weight is 489 g/mol. The van der Waals surface area contributed by atoms with Gasteiger partial charge in [0.05, 0.1) is 17.1 Å². The first-order valence-corrected chi connectivity index (χ1v) is 11.3. The number of nitrogens with two attached hydrogens (primary N) is 1. The molecule has 1 saturated carbocycles. The van der Waals surface area contributed by atoms with Crippen LogP contribution in [0.4, 0.5) is 11.4 Å². The molecule has 0 spiro atoms. The first-order valence-electron chi connectivity index (χ1n) is 11.0. The number of ether oxygens (including phenoxy) is 2. The van der Waals surface area contributed by atoms with Crippen LogP contribution in [0, 0.1) is 0 Å². The Bertz CT molecular complexity index is 1190. The number of nitrogens with zero attached hydrogens (tertiary/aromatic N) is 1. The van der Waals surface area contributed by atoms with E-state index in [1.54, 1.807) is 13.0 Å². The SMILES string of the molecule is CCO[C@H]1OC(=O)C[C@@H]1NC(=O)C1(n2cccc(NC(=O)c3ccc(N)c(Cl)c3)c2=O)CCC1. The molecule has 2 aromatic rings. The van der Waals surface area contributed by atoms with Gasteiger partial charge in [-0.2, -0.15) is 0 Å². The van der Waals surface area contributed by atoms with Crippen LogP contribution in [0.1, 0.15) is 43.0 Å². The van der Waals surface area contributed by atoms with Crippen molar-refractivity contribution < 1.29 is 23.9 Å². The second-order valence-corrected chi connectivity index (χ2v) is 8.68. The van der Waals surface area contributed by atoms with E-state index in [1.165, 1.54) is 35.0 Å². The topological polar surface area (TPSA) is 142 Å². The highest BCUT2D eigenvalue weighted by Crippen LogP contribution is 2.39. The van der Waals surface area contributed by atoms with Crippen LogP contribution in [-0.2, 0) is 24.6 Å². The van der Waals surface area contributed by atoms with Crippen molar-refractivity contribution in [1.82, 2.24) is 9.88 Å². The highest BCUT2D eigenvalue weighted by molar-refractivity contribution is 6.33. The number of nitrogens with one attached hydrogen (secondary N) is 2. The fourth-order valence-electron chi connectivity index (χ4n) is 4.15. The predicted octanol–water partition coefficient (Wildman–Crippen LogP) is 2.01. The number of benzene rings is 1. The molecule has 2 aliphatic rings. The maximum Gasteiger partial charge on any atom is 0.310 e. The van der Waals surface area contributed by atoms with Crippen molar-refractivity contribution in [1.29, 1.82) is 0 Å². The molecule has 10 nitrogen and oxygen atoms in total. The molecule has 180 valence electrons. The lowest BCUT2D eigenvalue weighted by molar-refractivity contribution is -0.165. The van der Waals surface area contributed by atoms with Gasteiger partial charge < -0.3 is 25.8 Å². The van der Waals surface area contributed by atoms with Crippen LogP contribution >= 0.6 is 11.6 Å². The van der Waals surface area contributed by atoms with Gasteiger partial charge in [0, 0.05) is 18.4 Å². The van der Waals surface area contributed by atoms with Crippen LogP contribution in [0.15, 0.2) is 41.3 Å². The Hall–Kier alpha value is -3.37. The lowest BCUT2D eigenvalue weighted by Crippen LogP contribution is -2.59. The third-order valence-electron chi connectivity index (χ3n) is 6.13. The monoisotopic (exact) mass is 488 g/mol. The number of pyridine rings is 1. The van der Waals surface area contributed by atoms with Gasteiger partial charge in [-0.15, -0.1) is 0 Å². The third kappa shape index (κ3) is 4.38. The van der Waals surface area contributed by atoms with Crippen LogP contribution in [0.2, 0.25) is 5.02 Å². The number of cyclic esters (lactones) is 1. The van der Waals surface area contributed by atoms with Gasteiger partial charge in [0.25, 0.3) is 11.5 Å².